The van der Waals surface area contributed by atoms with Gasteiger partial charge in [0, 0.05) is 22.7 Å². The van der Waals surface area contributed by atoms with Gasteiger partial charge in [-0.1, -0.05) is 12.1 Å². The molecule has 0 aliphatic carbocycles. The molecule has 0 aromatic heterocycles. The SMILES string of the molecule is COc1ccc(-c2ccc(S(=O)(=O)NC(C)(C)C)cc2)c(S(=O)(=O)NC(C)(C)C)c1. The van der Waals surface area contributed by atoms with Gasteiger partial charge in [-0.15, -0.1) is 0 Å². The van der Waals surface area contributed by atoms with Crippen molar-refractivity contribution in [1.82, 2.24) is 9.44 Å². The minimum absolute atomic E-state index is 0.0557. The second-order valence-corrected chi connectivity index (χ2v) is 12.4. The Labute approximate surface area is 180 Å². The van der Waals surface area contributed by atoms with Crippen molar-refractivity contribution in [2.24, 2.45) is 0 Å². The summed E-state index contributed by atoms with van der Waals surface area (Å²) in [6.45, 7) is 10.5. The first-order valence-electron chi connectivity index (χ1n) is 9.40. The molecular weight excluding hydrogens is 424 g/mol. The van der Waals surface area contributed by atoms with Gasteiger partial charge in [0.05, 0.1) is 16.9 Å². The van der Waals surface area contributed by atoms with Gasteiger partial charge in [0.25, 0.3) is 0 Å². The van der Waals surface area contributed by atoms with Crippen LogP contribution in [0.1, 0.15) is 41.5 Å². The summed E-state index contributed by atoms with van der Waals surface area (Å²) in [5, 5.41) is 0. The first-order valence-corrected chi connectivity index (χ1v) is 12.4. The Kier molecular flexibility index (Phi) is 6.73. The fourth-order valence-corrected chi connectivity index (χ4v) is 5.91. The molecule has 0 aliphatic rings. The van der Waals surface area contributed by atoms with Crippen molar-refractivity contribution in [2.45, 2.75) is 62.4 Å². The van der Waals surface area contributed by atoms with Crippen molar-refractivity contribution in [3.8, 4) is 16.9 Å². The summed E-state index contributed by atoms with van der Waals surface area (Å²) in [4.78, 5) is 0.159. The minimum atomic E-state index is -3.85. The number of hydrogen-bond acceptors (Lipinski definition) is 5. The van der Waals surface area contributed by atoms with Crippen molar-refractivity contribution in [3.63, 3.8) is 0 Å². The molecule has 2 aromatic carbocycles. The minimum Gasteiger partial charge on any atom is -0.497 e. The van der Waals surface area contributed by atoms with Crippen molar-refractivity contribution >= 4 is 20.0 Å². The highest BCUT2D eigenvalue weighted by atomic mass is 32.2. The molecule has 0 aliphatic heterocycles. The molecule has 2 aromatic rings. The largest absolute Gasteiger partial charge is 0.497 e. The van der Waals surface area contributed by atoms with E-state index >= 15 is 0 Å². The lowest BCUT2D eigenvalue weighted by Crippen LogP contribution is -2.40. The Morgan fingerprint density at radius 1 is 0.733 bits per heavy atom. The average Bonchev–Trinajstić information content (AvgIpc) is 2.57. The molecule has 2 N–H and O–H groups in total. The normalized spacial score (nSPS) is 13.3. The van der Waals surface area contributed by atoms with Gasteiger partial charge < -0.3 is 4.74 Å². The first-order chi connectivity index (χ1) is 13.5. The zero-order chi connectivity index (χ0) is 23.0. The summed E-state index contributed by atoms with van der Waals surface area (Å²) in [7, 11) is -6.08. The van der Waals surface area contributed by atoms with E-state index in [0.29, 0.717) is 16.9 Å². The highest BCUT2D eigenvalue weighted by molar-refractivity contribution is 7.90. The molecule has 7 nitrogen and oxygen atoms in total. The maximum Gasteiger partial charge on any atom is 0.241 e. The molecule has 0 spiro atoms. The van der Waals surface area contributed by atoms with Gasteiger partial charge in [0.2, 0.25) is 20.0 Å². The number of hydrogen-bond donors (Lipinski definition) is 2. The van der Waals surface area contributed by atoms with E-state index < -0.39 is 31.1 Å². The van der Waals surface area contributed by atoms with Crippen LogP contribution >= 0.6 is 0 Å². The summed E-state index contributed by atoms with van der Waals surface area (Å²) in [6.07, 6.45) is 0. The van der Waals surface area contributed by atoms with E-state index in [1.807, 2.05) is 0 Å². The summed E-state index contributed by atoms with van der Waals surface area (Å²) in [6, 6.07) is 10.9. The Morgan fingerprint density at radius 2 is 1.23 bits per heavy atom. The predicted octanol–water partition coefficient (Wildman–Crippen LogP) is 3.52. The predicted molar refractivity (Wildman–Crippen MR) is 119 cm³/mol. The van der Waals surface area contributed by atoms with Crippen LogP contribution in [-0.2, 0) is 20.0 Å². The van der Waals surface area contributed by atoms with E-state index in [0.717, 1.165) is 0 Å². The van der Waals surface area contributed by atoms with Gasteiger partial charge in [-0.25, -0.2) is 26.3 Å². The third kappa shape index (κ3) is 6.28. The van der Waals surface area contributed by atoms with E-state index in [2.05, 4.69) is 9.44 Å². The van der Waals surface area contributed by atoms with Crippen molar-refractivity contribution in [3.05, 3.63) is 42.5 Å². The molecular formula is C21H30N2O5S2. The summed E-state index contributed by atoms with van der Waals surface area (Å²) < 4.78 is 61.5. The molecule has 0 unspecified atom stereocenters. The molecule has 0 bridgehead atoms. The van der Waals surface area contributed by atoms with Gasteiger partial charge in [-0.3, -0.25) is 0 Å². The molecule has 0 fully saturated rings. The fourth-order valence-electron chi connectivity index (χ4n) is 2.82. The molecule has 0 saturated heterocycles. The highest BCUT2D eigenvalue weighted by Crippen LogP contribution is 2.32. The maximum absolute atomic E-state index is 13.0. The van der Waals surface area contributed by atoms with Crippen LogP contribution in [0.15, 0.2) is 52.3 Å². The third-order valence-electron chi connectivity index (χ3n) is 3.84. The third-order valence-corrected chi connectivity index (χ3v) is 7.41. The number of ether oxygens (including phenoxy) is 1. The van der Waals surface area contributed by atoms with Crippen molar-refractivity contribution in [1.29, 1.82) is 0 Å². The molecule has 166 valence electrons. The highest BCUT2D eigenvalue weighted by Gasteiger charge is 2.26. The lowest BCUT2D eigenvalue weighted by atomic mass is 10.1. The lowest BCUT2D eigenvalue weighted by Gasteiger charge is -2.22. The van der Waals surface area contributed by atoms with Gasteiger partial charge in [-0.2, -0.15) is 0 Å². The van der Waals surface area contributed by atoms with Gasteiger partial charge in [-0.05, 0) is 71.4 Å². The molecule has 0 amide bonds. The number of methoxy groups -OCH3 is 1. The molecule has 9 heteroatoms. The number of sulfonamides is 2. The monoisotopic (exact) mass is 454 g/mol. The van der Waals surface area contributed by atoms with E-state index in [9.17, 15) is 16.8 Å². The van der Waals surface area contributed by atoms with Gasteiger partial charge >= 0.3 is 0 Å². The Hall–Kier alpha value is -1.94. The second kappa shape index (κ2) is 8.30. The molecule has 0 heterocycles. The van der Waals surface area contributed by atoms with Gasteiger partial charge in [0.1, 0.15) is 5.75 Å². The summed E-state index contributed by atoms with van der Waals surface area (Å²) >= 11 is 0. The fraction of sp³-hybridized carbons (Fsp3) is 0.429. The summed E-state index contributed by atoms with van der Waals surface area (Å²) in [5.74, 6) is 0.404. The van der Waals surface area contributed by atoms with E-state index in [1.165, 1.54) is 25.3 Å². The van der Waals surface area contributed by atoms with Crippen LogP contribution < -0.4 is 14.2 Å². The Bertz CT molecular complexity index is 1110. The maximum atomic E-state index is 13.0. The standard InChI is InChI=1S/C21H30N2O5S2/c1-20(2,3)22-29(24,25)17-11-8-15(9-12-17)18-13-10-16(28-7)14-19(18)30(26,27)23-21(4,5)6/h8-14,22-23H,1-7H3. The molecule has 30 heavy (non-hydrogen) atoms. The van der Waals surface area contributed by atoms with Gasteiger partial charge in [0.15, 0.2) is 0 Å². The topological polar surface area (TPSA) is 102 Å². The van der Waals surface area contributed by atoms with E-state index in [4.69, 9.17) is 4.74 Å². The van der Waals surface area contributed by atoms with Crippen molar-refractivity contribution < 1.29 is 21.6 Å². The zero-order valence-corrected chi connectivity index (χ0v) is 20.0. The van der Waals surface area contributed by atoms with Crippen LogP contribution in [0.2, 0.25) is 0 Å². The molecule has 0 atom stereocenters. The number of benzene rings is 2. The zero-order valence-electron chi connectivity index (χ0n) is 18.4. The lowest BCUT2D eigenvalue weighted by molar-refractivity contribution is 0.413. The summed E-state index contributed by atoms with van der Waals surface area (Å²) in [5.41, 5.74) is -0.273. The van der Waals surface area contributed by atoms with Crippen LogP contribution in [-0.4, -0.2) is 35.0 Å². The quantitative estimate of drug-likeness (QED) is 0.695. The number of rotatable bonds is 6. The van der Waals surface area contributed by atoms with Crippen LogP contribution in [0.25, 0.3) is 11.1 Å². The van der Waals surface area contributed by atoms with Crippen LogP contribution in [0, 0.1) is 0 Å². The van der Waals surface area contributed by atoms with Crippen LogP contribution in [0.3, 0.4) is 0 Å². The first kappa shape index (κ1) is 24.3. The van der Waals surface area contributed by atoms with Crippen LogP contribution in [0.5, 0.6) is 5.75 Å². The Morgan fingerprint density at radius 3 is 1.70 bits per heavy atom. The average molecular weight is 455 g/mol. The van der Waals surface area contributed by atoms with Crippen molar-refractivity contribution in [2.75, 3.05) is 7.11 Å². The molecule has 0 radical (unpaired) electrons. The van der Waals surface area contributed by atoms with E-state index in [1.54, 1.807) is 65.8 Å². The second-order valence-electron chi connectivity index (χ2n) is 9.10. The van der Waals surface area contributed by atoms with E-state index in [-0.39, 0.29) is 9.79 Å². The molecule has 0 saturated carbocycles. The number of nitrogens with one attached hydrogen (secondary N) is 2. The smallest absolute Gasteiger partial charge is 0.241 e. The Balaban J connectivity index is 2.55. The van der Waals surface area contributed by atoms with Crippen LogP contribution in [0.4, 0.5) is 0 Å². The molecule has 2 rings (SSSR count).